The minimum Gasteiger partial charge on any atom is -0.486 e. The number of anilines is 1. The van der Waals surface area contributed by atoms with Gasteiger partial charge in [-0.05, 0) is 56.3 Å². The highest BCUT2D eigenvalue weighted by atomic mass is 19.1. The average Bonchev–Trinajstić information content (AvgIpc) is 3.40. The van der Waals surface area contributed by atoms with Gasteiger partial charge in [0.1, 0.15) is 25.6 Å². The molecule has 0 saturated heterocycles. The maximum Gasteiger partial charge on any atom is 0.249 e. The first-order chi connectivity index (χ1) is 16.0. The van der Waals surface area contributed by atoms with Crippen molar-refractivity contribution in [2.45, 2.75) is 20.4 Å². The molecule has 1 aliphatic rings. The van der Waals surface area contributed by atoms with Gasteiger partial charge in [-0.1, -0.05) is 0 Å². The first-order valence-electron chi connectivity index (χ1n) is 10.4. The number of hydrogen-bond acceptors (Lipinski definition) is 6. The Morgan fingerprint density at radius 3 is 2.52 bits per heavy atom. The number of halogens is 1. The fourth-order valence-corrected chi connectivity index (χ4v) is 3.77. The van der Waals surface area contributed by atoms with E-state index in [-0.39, 0.29) is 18.3 Å². The average molecular weight is 448 g/mol. The number of fused-ring (bicyclic) bond motifs is 1. The van der Waals surface area contributed by atoms with E-state index in [4.69, 9.17) is 13.9 Å². The van der Waals surface area contributed by atoms with E-state index in [1.165, 1.54) is 12.1 Å². The summed E-state index contributed by atoms with van der Waals surface area (Å²) in [6, 6.07) is 13.1. The third kappa shape index (κ3) is 4.17. The van der Waals surface area contributed by atoms with Crippen molar-refractivity contribution < 1.29 is 23.1 Å². The second-order valence-electron chi connectivity index (χ2n) is 7.70. The Labute approximate surface area is 189 Å². The van der Waals surface area contributed by atoms with Crippen molar-refractivity contribution in [2.24, 2.45) is 0 Å². The molecule has 0 aliphatic carbocycles. The zero-order valence-electron chi connectivity index (χ0n) is 18.1. The Bertz CT molecular complexity index is 1330. The highest BCUT2D eigenvalue weighted by Gasteiger charge is 2.19. The van der Waals surface area contributed by atoms with Gasteiger partial charge in [-0.15, -0.1) is 10.2 Å². The van der Waals surface area contributed by atoms with Crippen LogP contribution >= 0.6 is 0 Å². The maximum atomic E-state index is 13.2. The normalized spacial score (nSPS) is 12.6. The van der Waals surface area contributed by atoms with E-state index < -0.39 is 0 Å². The van der Waals surface area contributed by atoms with Crippen LogP contribution in [0.4, 0.5) is 10.1 Å². The predicted molar refractivity (Wildman–Crippen MR) is 119 cm³/mol. The van der Waals surface area contributed by atoms with E-state index in [0.29, 0.717) is 47.7 Å². The molecule has 0 spiro atoms. The second kappa shape index (κ2) is 8.42. The molecular formula is C24H21FN4O4. The van der Waals surface area contributed by atoms with Crippen molar-refractivity contribution in [3.63, 3.8) is 0 Å². The molecule has 5 rings (SSSR count). The van der Waals surface area contributed by atoms with Crippen molar-refractivity contribution in [1.82, 2.24) is 14.8 Å². The third-order valence-electron chi connectivity index (χ3n) is 5.45. The largest absolute Gasteiger partial charge is 0.486 e. The number of amides is 1. The topological polar surface area (TPSA) is 91.4 Å². The standard InChI is InChI=1S/C24H21FN4O4/c1-14-11-19(24-28-27-23(33-24)16-3-5-17(25)6-4-16)15(2)29(14)13-22(30)26-18-7-8-20-21(12-18)32-10-9-31-20/h3-8,11-12H,9-10,13H2,1-2H3,(H,26,30). The van der Waals surface area contributed by atoms with Crippen LogP contribution in [-0.2, 0) is 11.3 Å². The number of rotatable bonds is 5. The quantitative estimate of drug-likeness (QED) is 0.488. The zero-order valence-corrected chi connectivity index (χ0v) is 18.1. The molecule has 1 amide bonds. The number of hydrogen-bond donors (Lipinski definition) is 1. The van der Waals surface area contributed by atoms with Gasteiger partial charge in [-0.25, -0.2) is 4.39 Å². The number of carbonyl (C=O) groups excluding carboxylic acids is 1. The highest BCUT2D eigenvalue weighted by molar-refractivity contribution is 5.91. The van der Waals surface area contributed by atoms with Crippen molar-refractivity contribution in [1.29, 1.82) is 0 Å². The number of nitrogens with one attached hydrogen (secondary N) is 1. The Balaban J connectivity index is 1.33. The predicted octanol–water partition coefficient (Wildman–Crippen LogP) is 4.37. The van der Waals surface area contributed by atoms with Crippen LogP contribution < -0.4 is 14.8 Å². The molecule has 0 radical (unpaired) electrons. The number of aryl methyl sites for hydroxylation is 1. The van der Waals surface area contributed by atoms with Gasteiger partial charge in [0.2, 0.25) is 17.7 Å². The molecule has 8 nitrogen and oxygen atoms in total. The van der Waals surface area contributed by atoms with Gasteiger partial charge in [-0.2, -0.15) is 0 Å². The molecule has 9 heteroatoms. The molecule has 0 bridgehead atoms. The van der Waals surface area contributed by atoms with Crippen LogP contribution in [0.25, 0.3) is 22.9 Å². The van der Waals surface area contributed by atoms with Crippen molar-refractivity contribution in [3.8, 4) is 34.4 Å². The summed E-state index contributed by atoms with van der Waals surface area (Å²) in [7, 11) is 0. The molecule has 2 aromatic heterocycles. The van der Waals surface area contributed by atoms with Crippen molar-refractivity contribution >= 4 is 11.6 Å². The summed E-state index contributed by atoms with van der Waals surface area (Å²) in [5.74, 6) is 1.39. The zero-order chi connectivity index (χ0) is 22.9. The summed E-state index contributed by atoms with van der Waals surface area (Å²) >= 11 is 0. The fraction of sp³-hybridized carbons (Fsp3) is 0.208. The monoisotopic (exact) mass is 448 g/mol. The number of nitrogens with zero attached hydrogens (tertiary/aromatic N) is 3. The maximum absolute atomic E-state index is 13.2. The van der Waals surface area contributed by atoms with Gasteiger partial charge in [0.25, 0.3) is 0 Å². The van der Waals surface area contributed by atoms with Crippen LogP contribution in [0, 0.1) is 19.7 Å². The highest BCUT2D eigenvalue weighted by Crippen LogP contribution is 2.33. The molecule has 2 aromatic carbocycles. The van der Waals surface area contributed by atoms with Crippen LogP contribution in [0.2, 0.25) is 0 Å². The van der Waals surface area contributed by atoms with E-state index in [2.05, 4.69) is 15.5 Å². The van der Waals surface area contributed by atoms with Crippen LogP contribution in [0.15, 0.2) is 52.9 Å². The van der Waals surface area contributed by atoms with Crippen LogP contribution in [0.3, 0.4) is 0 Å². The van der Waals surface area contributed by atoms with Crippen molar-refractivity contribution in [3.05, 3.63) is 65.7 Å². The second-order valence-corrected chi connectivity index (χ2v) is 7.70. The summed E-state index contributed by atoms with van der Waals surface area (Å²) in [6.07, 6.45) is 0. The first-order valence-corrected chi connectivity index (χ1v) is 10.4. The smallest absolute Gasteiger partial charge is 0.249 e. The Morgan fingerprint density at radius 1 is 1.00 bits per heavy atom. The Hall–Kier alpha value is -4.14. The minimum absolute atomic E-state index is 0.116. The SMILES string of the molecule is Cc1cc(-c2nnc(-c3ccc(F)cc3)o2)c(C)n1CC(=O)Nc1ccc2c(c1)OCCO2. The number of benzene rings is 2. The van der Waals surface area contributed by atoms with Crippen LogP contribution in [-0.4, -0.2) is 33.9 Å². The molecule has 33 heavy (non-hydrogen) atoms. The Kier molecular flexibility index (Phi) is 5.29. The molecule has 4 aromatic rings. The summed E-state index contributed by atoms with van der Waals surface area (Å²) in [5, 5.41) is 11.1. The van der Waals surface area contributed by atoms with E-state index in [1.54, 1.807) is 30.3 Å². The molecule has 3 heterocycles. The van der Waals surface area contributed by atoms with Crippen LogP contribution in [0.5, 0.6) is 11.5 Å². The lowest BCUT2D eigenvalue weighted by Crippen LogP contribution is -2.20. The van der Waals surface area contributed by atoms with E-state index in [1.807, 2.05) is 24.5 Å². The lowest BCUT2D eigenvalue weighted by atomic mass is 10.2. The van der Waals surface area contributed by atoms with Gasteiger partial charge in [0.15, 0.2) is 11.5 Å². The van der Waals surface area contributed by atoms with Gasteiger partial charge in [-0.3, -0.25) is 4.79 Å². The first kappa shape index (κ1) is 20.7. The Morgan fingerprint density at radius 2 is 1.73 bits per heavy atom. The molecule has 168 valence electrons. The number of aromatic nitrogens is 3. The summed E-state index contributed by atoms with van der Waals surface area (Å²) in [5.41, 5.74) is 3.69. The fourth-order valence-electron chi connectivity index (χ4n) is 3.77. The molecule has 1 aliphatic heterocycles. The van der Waals surface area contributed by atoms with Gasteiger partial charge in [0, 0.05) is 28.7 Å². The minimum atomic E-state index is -0.337. The molecule has 0 atom stereocenters. The summed E-state index contributed by atoms with van der Waals surface area (Å²) in [4.78, 5) is 12.7. The lowest BCUT2D eigenvalue weighted by molar-refractivity contribution is -0.116. The third-order valence-corrected chi connectivity index (χ3v) is 5.45. The van der Waals surface area contributed by atoms with Gasteiger partial charge >= 0.3 is 0 Å². The molecule has 0 saturated carbocycles. The van der Waals surface area contributed by atoms with Gasteiger partial charge < -0.3 is 23.8 Å². The van der Waals surface area contributed by atoms with E-state index in [0.717, 1.165) is 17.0 Å². The number of carbonyl (C=O) groups is 1. The van der Waals surface area contributed by atoms with Crippen LogP contribution in [0.1, 0.15) is 11.4 Å². The molecule has 0 unspecified atom stereocenters. The molecular weight excluding hydrogens is 427 g/mol. The summed E-state index contributed by atoms with van der Waals surface area (Å²) in [6.45, 7) is 4.91. The summed E-state index contributed by atoms with van der Waals surface area (Å²) < 4.78 is 32.0. The van der Waals surface area contributed by atoms with E-state index >= 15 is 0 Å². The van der Waals surface area contributed by atoms with Crippen molar-refractivity contribution in [2.75, 3.05) is 18.5 Å². The molecule has 0 fully saturated rings. The molecule has 1 N–H and O–H groups in total. The van der Waals surface area contributed by atoms with Gasteiger partial charge in [0.05, 0.1) is 5.56 Å². The van der Waals surface area contributed by atoms with E-state index in [9.17, 15) is 9.18 Å². The number of ether oxygens (including phenoxy) is 2. The lowest BCUT2D eigenvalue weighted by Gasteiger charge is -2.19.